The fraction of sp³-hybridized carbons (Fsp3) is 0.385. The predicted molar refractivity (Wildman–Crippen MR) is 66.7 cm³/mol. The Kier molecular flexibility index (Phi) is 4.71. The second-order valence-corrected chi connectivity index (χ2v) is 4.12. The molecule has 0 saturated heterocycles. The van der Waals surface area contributed by atoms with Crippen LogP contribution in [0.15, 0.2) is 18.2 Å². The molecule has 1 amide bonds. The van der Waals surface area contributed by atoms with Crippen LogP contribution in [0.5, 0.6) is 5.75 Å². The van der Waals surface area contributed by atoms with Crippen molar-refractivity contribution in [3.8, 4) is 5.75 Å². The van der Waals surface area contributed by atoms with Crippen molar-refractivity contribution in [2.45, 2.75) is 26.3 Å². The van der Waals surface area contributed by atoms with E-state index in [-0.39, 0.29) is 12.3 Å². The van der Waals surface area contributed by atoms with Gasteiger partial charge in [0.1, 0.15) is 11.8 Å². The standard InChI is InChI=1S/C13H17NO4/c1-8-4-5-10(11(6-8)18-3)7-12(15)14-9(2)13(16)17/h4-6,9H,7H2,1-3H3,(H,14,15)(H,16,17)/t9-/m0/s1. The van der Waals surface area contributed by atoms with Gasteiger partial charge in [-0.1, -0.05) is 12.1 Å². The lowest BCUT2D eigenvalue weighted by Crippen LogP contribution is -2.39. The molecule has 0 heterocycles. The van der Waals surface area contributed by atoms with Gasteiger partial charge in [-0.15, -0.1) is 0 Å². The molecule has 98 valence electrons. The lowest BCUT2D eigenvalue weighted by atomic mass is 10.1. The molecule has 0 bridgehead atoms. The number of nitrogens with one attached hydrogen (secondary N) is 1. The lowest BCUT2D eigenvalue weighted by molar-refractivity contribution is -0.141. The van der Waals surface area contributed by atoms with E-state index < -0.39 is 12.0 Å². The highest BCUT2D eigenvalue weighted by Gasteiger charge is 2.15. The Balaban J connectivity index is 2.73. The number of carboxylic acid groups (broad SMARTS) is 1. The van der Waals surface area contributed by atoms with Crippen LogP contribution in [0.4, 0.5) is 0 Å². The number of ether oxygens (including phenoxy) is 1. The van der Waals surface area contributed by atoms with Gasteiger partial charge in [0, 0.05) is 5.56 Å². The molecule has 0 saturated carbocycles. The summed E-state index contributed by atoms with van der Waals surface area (Å²) in [6.45, 7) is 3.35. The molecule has 5 nitrogen and oxygen atoms in total. The van der Waals surface area contributed by atoms with Crippen molar-refractivity contribution in [1.29, 1.82) is 0 Å². The molecule has 0 spiro atoms. The van der Waals surface area contributed by atoms with Crippen LogP contribution in [0.25, 0.3) is 0 Å². The molecule has 0 aromatic heterocycles. The number of aryl methyl sites for hydroxylation is 1. The number of rotatable bonds is 5. The topological polar surface area (TPSA) is 75.6 Å². The summed E-state index contributed by atoms with van der Waals surface area (Å²) in [5, 5.41) is 11.1. The maximum absolute atomic E-state index is 11.7. The van der Waals surface area contributed by atoms with Gasteiger partial charge in [0.2, 0.25) is 5.91 Å². The first-order valence-electron chi connectivity index (χ1n) is 5.59. The van der Waals surface area contributed by atoms with Gasteiger partial charge in [-0.3, -0.25) is 9.59 Å². The van der Waals surface area contributed by atoms with Crippen molar-refractivity contribution in [2.24, 2.45) is 0 Å². The van der Waals surface area contributed by atoms with Gasteiger partial charge >= 0.3 is 5.97 Å². The maximum atomic E-state index is 11.7. The summed E-state index contributed by atoms with van der Waals surface area (Å²) in [7, 11) is 1.54. The number of amides is 1. The summed E-state index contributed by atoms with van der Waals surface area (Å²) in [5.74, 6) is -0.764. The van der Waals surface area contributed by atoms with E-state index in [2.05, 4.69) is 5.32 Å². The molecule has 5 heteroatoms. The number of carboxylic acids is 1. The van der Waals surface area contributed by atoms with Gasteiger partial charge in [0.05, 0.1) is 13.5 Å². The van der Waals surface area contributed by atoms with Gasteiger partial charge in [-0.2, -0.15) is 0 Å². The van der Waals surface area contributed by atoms with Gasteiger partial charge in [0.25, 0.3) is 0 Å². The van der Waals surface area contributed by atoms with Crippen molar-refractivity contribution >= 4 is 11.9 Å². The van der Waals surface area contributed by atoms with Crippen molar-refractivity contribution in [3.05, 3.63) is 29.3 Å². The smallest absolute Gasteiger partial charge is 0.325 e. The zero-order valence-electron chi connectivity index (χ0n) is 10.7. The summed E-state index contributed by atoms with van der Waals surface area (Å²) in [5.41, 5.74) is 1.77. The monoisotopic (exact) mass is 251 g/mol. The molecular weight excluding hydrogens is 234 g/mol. The number of carbonyl (C=O) groups excluding carboxylic acids is 1. The Hall–Kier alpha value is -2.04. The first kappa shape index (κ1) is 14.0. The third-order valence-corrected chi connectivity index (χ3v) is 2.54. The number of hydrogen-bond acceptors (Lipinski definition) is 3. The minimum Gasteiger partial charge on any atom is -0.496 e. The molecule has 1 rings (SSSR count). The summed E-state index contributed by atoms with van der Waals surface area (Å²) in [6, 6.07) is 4.63. The second kappa shape index (κ2) is 6.05. The Morgan fingerprint density at radius 3 is 2.67 bits per heavy atom. The van der Waals surface area contributed by atoms with Crippen LogP contribution in [0.3, 0.4) is 0 Å². The number of aliphatic carboxylic acids is 1. The van der Waals surface area contributed by atoms with E-state index in [0.29, 0.717) is 5.75 Å². The molecular formula is C13H17NO4. The fourth-order valence-electron chi connectivity index (χ4n) is 1.53. The van der Waals surface area contributed by atoms with E-state index >= 15 is 0 Å². The Bertz CT molecular complexity index is 456. The quantitative estimate of drug-likeness (QED) is 0.822. The fourth-order valence-corrected chi connectivity index (χ4v) is 1.53. The minimum absolute atomic E-state index is 0.0983. The normalized spacial score (nSPS) is 11.7. The molecule has 0 fully saturated rings. The summed E-state index contributed by atoms with van der Waals surface area (Å²) < 4.78 is 5.18. The number of carbonyl (C=O) groups is 2. The van der Waals surface area contributed by atoms with Crippen molar-refractivity contribution in [3.63, 3.8) is 0 Å². The molecule has 2 N–H and O–H groups in total. The highest BCUT2D eigenvalue weighted by molar-refractivity contribution is 5.84. The zero-order valence-corrected chi connectivity index (χ0v) is 10.7. The van der Waals surface area contributed by atoms with Gasteiger partial charge in [-0.05, 0) is 25.5 Å². The van der Waals surface area contributed by atoms with Crippen molar-refractivity contribution in [2.75, 3.05) is 7.11 Å². The lowest BCUT2D eigenvalue weighted by Gasteiger charge is -2.11. The summed E-state index contributed by atoms with van der Waals surface area (Å²) in [6.07, 6.45) is 0.0983. The highest BCUT2D eigenvalue weighted by Crippen LogP contribution is 2.20. The Labute approximate surface area is 106 Å². The first-order valence-corrected chi connectivity index (χ1v) is 5.59. The Morgan fingerprint density at radius 2 is 2.11 bits per heavy atom. The number of methoxy groups -OCH3 is 1. The molecule has 0 aliphatic rings. The van der Waals surface area contributed by atoms with Crippen LogP contribution in [-0.2, 0) is 16.0 Å². The maximum Gasteiger partial charge on any atom is 0.325 e. The second-order valence-electron chi connectivity index (χ2n) is 4.12. The van der Waals surface area contributed by atoms with E-state index in [1.807, 2.05) is 19.1 Å². The van der Waals surface area contributed by atoms with Crippen molar-refractivity contribution in [1.82, 2.24) is 5.32 Å². The third-order valence-electron chi connectivity index (χ3n) is 2.54. The van der Waals surface area contributed by atoms with Crippen LogP contribution >= 0.6 is 0 Å². The van der Waals surface area contributed by atoms with E-state index in [4.69, 9.17) is 9.84 Å². The van der Waals surface area contributed by atoms with E-state index in [9.17, 15) is 9.59 Å². The molecule has 1 aromatic carbocycles. The number of hydrogen-bond donors (Lipinski definition) is 2. The van der Waals surface area contributed by atoms with Crippen LogP contribution < -0.4 is 10.1 Å². The molecule has 1 atom stereocenters. The molecule has 0 radical (unpaired) electrons. The third kappa shape index (κ3) is 3.76. The molecule has 18 heavy (non-hydrogen) atoms. The van der Waals surface area contributed by atoms with Crippen LogP contribution in [0.2, 0.25) is 0 Å². The molecule has 0 unspecified atom stereocenters. The average Bonchev–Trinajstić information content (AvgIpc) is 2.31. The average molecular weight is 251 g/mol. The van der Waals surface area contributed by atoms with Gasteiger partial charge in [-0.25, -0.2) is 0 Å². The largest absolute Gasteiger partial charge is 0.496 e. The van der Waals surface area contributed by atoms with Crippen LogP contribution in [0, 0.1) is 6.92 Å². The highest BCUT2D eigenvalue weighted by atomic mass is 16.5. The van der Waals surface area contributed by atoms with Crippen LogP contribution in [0.1, 0.15) is 18.1 Å². The SMILES string of the molecule is COc1cc(C)ccc1CC(=O)N[C@@H](C)C(=O)O. The zero-order chi connectivity index (χ0) is 13.7. The van der Waals surface area contributed by atoms with E-state index in [1.165, 1.54) is 14.0 Å². The molecule has 0 aliphatic carbocycles. The Morgan fingerprint density at radius 1 is 1.44 bits per heavy atom. The van der Waals surface area contributed by atoms with Crippen LogP contribution in [-0.4, -0.2) is 30.1 Å². The molecule has 0 aliphatic heterocycles. The van der Waals surface area contributed by atoms with E-state index in [0.717, 1.165) is 11.1 Å². The summed E-state index contributed by atoms with van der Waals surface area (Å²) >= 11 is 0. The predicted octanol–water partition coefficient (Wildman–Crippen LogP) is 1.14. The van der Waals surface area contributed by atoms with Crippen molar-refractivity contribution < 1.29 is 19.4 Å². The minimum atomic E-state index is -1.06. The number of benzene rings is 1. The van der Waals surface area contributed by atoms with Gasteiger partial charge < -0.3 is 15.2 Å². The first-order chi connectivity index (χ1) is 8.43. The van der Waals surface area contributed by atoms with E-state index in [1.54, 1.807) is 6.07 Å². The summed E-state index contributed by atoms with van der Waals surface area (Å²) in [4.78, 5) is 22.3. The van der Waals surface area contributed by atoms with Gasteiger partial charge in [0.15, 0.2) is 0 Å². The molecule has 1 aromatic rings.